The maximum Gasteiger partial charge on any atom is 0.206 e. The normalized spacial score (nSPS) is 12.1. The first kappa shape index (κ1) is 11.7. The van der Waals surface area contributed by atoms with Crippen LogP contribution in [-0.4, -0.2) is 21.6 Å². The van der Waals surface area contributed by atoms with Crippen LogP contribution in [0.1, 0.15) is 38.6 Å². The van der Waals surface area contributed by atoms with Gasteiger partial charge in [0.25, 0.3) is 0 Å². The molecular weight excluding hydrogens is 218 g/mol. The van der Waals surface area contributed by atoms with E-state index in [1.165, 1.54) is 0 Å². The van der Waals surface area contributed by atoms with Crippen LogP contribution in [0.15, 0.2) is 0 Å². The third-order valence-electron chi connectivity index (χ3n) is 1.71. The quantitative estimate of drug-likeness (QED) is 0.813. The van der Waals surface area contributed by atoms with Gasteiger partial charge in [-0.1, -0.05) is 25.2 Å². The van der Waals surface area contributed by atoms with Crippen LogP contribution in [0.25, 0.3) is 0 Å². The number of halogens is 1. The van der Waals surface area contributed by atoms with Crippen molar-refractivity contribution in [3.63, 3.8) is 0 Å². The van der Waals surface area contributed by atoms with E-state index in [1.807, 2.05) is 13.8 Å². The summed E-state index contributed by atoms with van der Waals surface area (Å²) >= 11 is 7.40. The van der Waals surface area contributed by atoms with Crippen molar-refractivity contribution in [3.8, 4) is 0 Å². The standard InChI is InChI=1S/C9H16ClN3S/c1-6(2)7-12-13-8(14-7)11-9(3,4)5-10/h6H,5H2,1-4H3,(H,11,13). The molecule has 0 aromatic carbocycles. The monoisotopic (exact) mass is 233 g/mol. The van der Waals surface area contributed by atoms with E-state index < -0.39 is 0 Å². The molecule has 0 fully saturated rings. The number of hydrogen-bond acceptors (Lipinski definition) is 4. The Hall–Kier alpha value is -0.350. The molecular formula is C9H16ClN3S. The van der Waals surface area contributed by atoms with Crippen LogP contribution < -0.4 is 5.32 Å². The minimum absolute atomic E-state index is 0.130. The van der Waals surface area contributed by atoms with Crippen molar-refractivity contribution in [2.45, 2.75) is 39.2 Å². The minimum Gasteiger partial charge on any atom is -0.354 e. The van der Waals surface area contributed by atoms with Gasteiger partial charge < -0.3 is 5.32 Å². The summed E-state index contributed by atoms with van der Waals surface area (Å²) in [6.07, 6.45) is 0. The number of nitrogens with one attached hydrogen (secondary N) is 1. The second-order valence-electron chi connectivity index (χ2n) is 4.24. The molecule has 0 bridgehead atoms. The van der Waals surface area contributed by atoms with Crippen LogP contribution in [0.4, 0.5) is 5.13 Å². The highest BCUT2D eigenvalue weighted by Crippen LogP contribution is 2.25. The number of aromatic nitrogens is 2. The SMILES string of the molecule is CC(C)c1nnc(NC(C)(C)CCl)s1. The van der Waals surface area contributed by atoms with Crippen molar-refractivity contribution >= 4 is 28.1 Å². The maximum atomic E-state index is 5.81. The van der Waals surface area contributed by atoms with E-state index >= 15 is 0 Å². The van der Waals surface area contributed by atoms with Gasteiger partial charge in [0, 0.05) is 17.3 Å². The Morgan fingerprint density at radius 1 is 1.43 bits per heavy atom. The molecule has 0 atom stereocenters. The number of hydrogen-bond donors (Lipinski definition) is 1. The average Bonchev–Trinajstić information content (AvgIpc) is 2.52. The van der Waals surface area contributed by atoms with Gasteiger partial charge in [0.05, 0.1) is 0 Å². The molecule has 1 aromatic heterocycles. The second kappa shape index (κ2) is 4.45. The summed E-state index contributed by atoms with van der Waals surface area (Å²) in [4.78, 5) is 0. The van der Waals surface area contributed by atoms with Crippen LogP contribution in [-0.2, 0) is 0 Å². The molecule has 3 nitrogen and oxygen atoms in total. The van der Waals surface area contributed by atoms with Crippen molar-refractivity contribution < 1.29 is 0 Å². The average molecular weight is 234 g/mol. The van der Waals surface area contributed by atoms with Gasteiger partial charge in [-0.25, -0.2) is 0 Å². The van der Waals surface area contributed by atoms with Crippen LogP contribution in [0.3, 0.4) is 0 Å². The van der Waals surface area contributed by atoms with E-state index in [-0.39, 0.29) is 5.54 Å². The van der Waals surface area contributed by atoms with Gasteiger partial charge in [-0.3, -0.25) is 0 Å². The molecule has 0 aliphatic rings. The van der Waals surface area contributed by atoms with Crippen molar-refractivity contribution in [1.82, 2.24) is 10.2 Å². The Labute approximate surface area is 93.9 Å². The van der Waals surface area contributed by atoms with Gasteiger partial charge in [0.2, 0.25) is 5.13 Å². The van der Waals surface area contributed by atoms with E-state index in [2.05, 4.69) is 29.4 Å². The highest BCUT2D eigenvalue weighted by atomic mass is 35.5. The molecule has 0 saturated heterocycles. The van der Waals surface area contributed by atoms with Crippen molar-refractivity contribution in [2.75, 3.05) is 11.2 Å². The lowest BCUT2D eigenvalue weighted by molar-refractivity contribution is 0.639. The smallest absolute Gasteiger partial charge is 0.206 e. The van der Waals surface area contributed by atoms with E-state index in [4.69, 9.17) is 11.6 Å². The highest BCUT2D eigenvalue weighted by Gasteiger charge is 2.18. The fourth-order valence-electron chi connectivity index (χ4n) is 0.841. The van der Waals surface area contributed by atoms with E-state index in [0.29, 0.717) is 11.8 Å². The van der Waals surface area contributed by atoms with Gasteiger partial charge in [-0.05, 0) is 13.8 Å². The second-order valence-corrected chi connectivity index (χ2v) is 5.52. The van der Waals surface area contributed by atoms with E-state index in [9.17, 15) is 0 Å². The molecule has 1 rings (SSSR count). The summed E-state index contributed by atoms with van der Waals surface area (Å²) in [7, 11) is 0. The summed E-state index contributed by atoms with van der Waals surface area (Å²) in [5.41, 5.74) is -0.130. The number of rotatable bonds is 4. The third kappa shape index (κ3) is 3.10. The molecule has 14 heavy (non-hydrogen) atoms. The van der Waals surface area contributed by atoms with Crippen LogP contribution in [0.2, 0.25) is 0 Å². The third-order valence-corrected chi connectivity index (χ3v) is 3.52. The number of alkyl halides is 1. The molecule has 1 heterocycles. The Bertz CT molecular complexity index is 296. The largest absolute Gasteiger partial charge is 0.354 e. The molecule has 1 N–H and O–H groups in total. The summed E-state index contributed by atoms with van der Waals surface area (Å²) < 4.78 is 0. The summed E-state index contributed by atoms with van der Waals surface area (Å²) in [5, 5.41) is 13.3. The molecule has 0 aliphatic heterocycles. The molecule has 0 aliphatic carbocycles. The lowest BCUT2D eigenvalue weighted by Gasteiger charge is -2.22. The van der Waals surface area contributed by atoms with Crippen LogP contribution in [0.5, 0.6) is 0 Å². The molecule has 0 spiro atoms. The molecule has 0 radical (unpaired) electrons. The zero-order valence-corrected chi connectivity index (χ0v) is 10.5. The fourth-order valence-corrected chi connectivity index (χ4v) is 1.83. The Balaban J connectivity index is 2.69. The lowest BCUT2D eigenvalue weighted by Crippen LogP contribution is -2.32. The van der Waals surface area contributed by atoms with Gasteiger partial charge in [0.15, 0.2) is 0 Å². The van der Waals surface area contributed by atoms with Crippen molar-refractivity contribution in [1.29, 1.82) is 0 Å². The summed E-state index contributed by atoms with van der Waals surface area (Å²) in [5.74, 6) is 0.978. The first-order valence-electron chi connectivity index (χ1n) is 4.62. The number of anilines is 1. The van der Waals surface area contributed by atoms with Gasteiger partial charge in [0.1, 0.15) is 5.01 Å². The van der Waals surface area contributed by atoms with E-state index in [1.54, 1.807) is 11.3 Å². The van der Waals surface area contributed by atoms with Gasteiger partial charge >= 0.3 is 0 Å². The molecule has 0 amide bonds. The first-order chi connectivity index (χ1) is 6.44. The topological polar surface area (TPSA) is 37.8 Å². The fraction of sp³-hybridized carbons (Fsp3) is 0.778. The van der Waals surface area contributed by atoms with Crippen LogP contribution in [0, 0.1) is 0 Å². The molecule has 5 heteroatoms. The lowest BCUT2D eigenvalue weighted by atomic mass is 10.1. The molecule has 0 unspecified atom stereocenters. The zero-order valence-electron chi connectivity index (χ0n) is 8.97. The molecule has 80 valence electrons. The van der Waals surface area contributed by atoms with Gasteiger partial charge in [-0.2, -0.15) is 0 Å². The highest BCUT2D eigenvalue weighted by molar-refractivity contribution is 7.15. The predicted octanol–water partition coefficient (Wildman–Crippen LogP) is 3.09. The predicted molar refractivity (Wildman–Crippen MR) is 62.4 cm³/mol. The zero-order chi connectivity index (χ0) is 10.8. The van der Waals surface area contributed by atoms with Crippen molar-refractivity contribution in [3.05, 3.63) is 5.01 Å². The minimum atomic E-state index is -0.130. The van der Waals surface area contributed by atoms with E-state index in [0.717, 1.165) is 10.1 Å². The number of nitrogens with zero attached hydrogens (tertiary/aromatic N) is 2. The Morgan fingerprint density at radius 2 is 2.07 bits per heavy atom. The van der Waals surface area contributed by atoms with Gasteiger partial charge in [-0.15, -0.1) is 21.8 Å². The molecule has 1 aromatic rings. The first-order valence-corrected chi connectivity index (χ1v) is 5.97. The van der Waals surface area contributed by atoms with Crippen LogP contribution >= 0.6 is 22.9 Å². The maximum absolute atomic E-state index is 5.81. The summed E-state index contributed by atoms with van der Waals surface area (Å²) in [6, 6.07) is 0. The molecule has 0 saturated carbocycles. The Kier molecular flexibility index (Phi) is 3.72. The van der Waals surface area contributed by atoms with Crippen molar-refractivity contribution in [2.24, 2.45) is 0 Å². The Morgan fingerprint density at radius 3 is 2.50 bits per heavy atom. The summed E-state index contributed by atoms with van der Waals surface area (Å²) in [6.45, 7) is 8.29.